The van der Waals surface area contributed by atoms with Gasteiger partial charge in [0.05, 0.1) is 10.8 Å². The number of benzene rings is 1. The fourth-order valence-corrected chi connectivity index (χ4v) is 2.96. The Hall–Kier alpha value is -1.85. The number of thiophene rings is 1. The number of rotatable bonds is 3. The highest BCUT2D eigenvalue weighted by Crippen LogP contribution is 2.22. The SMILES string of the molecule is O=C(Nc1ccc(Cl)cc1)C1CN(C(=O)c2cccs2)C1. The standard InChI is InChI=1S/C15H13ClN2O2S/c16-11-3-5-12(6-4-11)17-14(19)10-8-18(9-10)15(20)13-2-1-7-21-13/h1-7,10H,8-9H2,(H,17,19). The minimum absolute atomic E-state index is 0.000503. The first-order valence-electron chi connectivity index (χ1n) is 6.52. The maximum atomic E-state index is 12.1. The maximum Gasteiger partial charge on any atom is 0.263 e. The van der Waals surface area contributed by atoms with Crippen molar-refractivity contribution in [2.45, 2.75) is 0 Å². The predicted molar refractivity (Wildman–Crippen MR) is 83.8 cm³/mol. The number of halogens is 1. The van der Waals surface area contributed by atoms with Crippen molar-refractivity contribution in [3.63, 3.8) is 0 Å². The summed E-state index contributed by atoms with van der Waals surface area (Å²) in [6, 6.07) is 10.6. The van der Waals surface area contributed by atoms with Crippen molar-refractivity contribution in [2.75, 3.05) is 18.4 Å². The van der Waals surface area contributed by atoms with E-state index in [4.69, 9.17) is 11.6 Å². The summed E-state index contributed by atoms with van der Waals surface area (Å²) in [6.45, 7) is 0.937. The number of nitrogens with zero attached hydrogens (tertiary/aromatic N) is 1. The van der Waals surface area contributed by atoms with Crippen LogP contribution in [0.2, 0.25) is 5.02 Å². The van der Waals surface area contributed by atoms with Crippen LogP contribution in [0, 0.1) is 5.92 Å². The van der Waals surface area contributed by atoms with Crippen LogP contribution in [-0.2, 0) is 4.79 Å². The summed E-state index contributed by atoms with van der Waals surface area (Å²) < 4.78 is 0. The summed E-state index contributed by atoms with van der Waals surface area (Å²) in [5.41, 5.74) is 0.715. The molecule has 108 valence electrons. The van der Waals surface area contributed by atoms with Gasteiger partial charge in [-0.15, -0.1) is 11.3 Å². The van der Waals surface area contributed by atoms with Crippen molar-refractivity contribution in [1.29, 1.82) is 0 Å². The van der Waals surface area contributed by atoms with Crippen molar-refractivity contribution in [2.24, 2.45) is 5.92 Å². The maximum absolute atomic E-state index is 12.1. The topological polar surface area (TPSA) is 49.4 Å². The van der Waals surface area contributed by atoms with Gasteiger partial charge in [0.15, 0.2) is 0 Å². The number of hydrogen-bond donors (Lipinski definition) is 1. The molecule has 2 aromatic rings. The summed E-state index contributed by atoms with van der Waals surface area (Å²) in [7, 11) is 0. The van der Waals surface area contributed by atoms with E-state index in [-0.39, 0.29) is 17.7 Å². The van der Waals surface area contributed by atoms with E-state index in [1.165, 1.54) is 11.3 Å². The van der Waals surface area contributed by atoms with E-state index in [0.29, 0.717) is 28.7 Å². The Kier molecular flexibility index (Phi) is 3.94. The first-order valence-corrected chi connectivity index (χ1v) is 7.78. The summed E-state index contributed by atoms with van der Waals surface area (Å²) >= 11 is 7.21. The largest absolute Gasteiger partial charge is 0.336 e. The minimum atomic E-state index is -0.149. The normalized spacial score (nSPS) is 14.6. The van der Waals surface area contributed by atoms with E-state index < -0.39 is 0 Å². The highest BCUT2D eigenvalue weighted by molar-refractivity contribution is 7.12. The third-order valence-corrected chi connectivity index (χ3v) is 4.49. The van der Waals surface area contributed by atoms with E-state index in [0.717, 1.165) is 0 Å². The van der Waals surface area contributed by atoms with E-state index in [9.17, 15) is 9.59 Å². The number of anilines is 1. The van der Waals surface area contributed by atoms with Crippen LogP contribution in [0.4, 0.5) is 5.69 Å². The number of likely N-dealkylation sites (tertiary alicyclic amines) is 1. The van der Waals surface area contributed by atoms with Crippen LogP contribution in [0.3, 0.4) is 0 Å². The van der Waals surface area contributed by atoms with Gasteiger partial charge in [0.1, 0.15) is 0 Å². The zero-order valence-corrected chi connectivity index (χ0v) is 12.7. The molecule has 1 aliphatic rings. The molecule has 6 heteroatoms. The lowest BCUT2D eigenvalue weighted by Gasteiger charge is -2.37. The Morgan fingerprint density at radius 2 is 1.90 bits per heavy atom. The van der Waals surface area contributed by atoms with E-state index in [1.807, 2.05) is 11.4 Å². The molecule has 2 amide bonds. The highest BCUT2D eigenvalue weighted by Gasteiger charge is 2.36. The van der Waals surface area contributed by atoms with Gasteiger partial charge in [-0.2, -0.15) is 0 Å². The van der Waals surface area contributed by atoms with Gasteiger partial charge >= 0.3 is 0 Å². The van der Waals surface area contributed by atoms with Crippen LogP contribution in [0.15, 0.2) is 41.8 Å². The molecule has 4 nitrogen and oxygen atoms in total. The fourth-order valence-electron chi connectivity index (χ4n) is 2.14. The molecule has 1 aromatic heterocycles. The number of carbonyl (C=O) groups excluding carboxylic acids is 2. The van der Waals surface area contributed by atoms with Crippen molar-refractivity contribution < 1.29 is 9.59 Å². The number of carbonyl (C=O) groups is 2. The van der Waals surface area contributed by atoms with Gasteiger partial charge in [0.25, 0.3) is 5.91 Å². The van der Waals surface area contributed by atoms with Crippen molar-refractivity contribution in [3.8, 4) is 0 Å². The zero-order chi connectivity index (χ0) is 14.8. The van der Waals surface area contributed by atoms with Crippen molar-refractivity contribution in [3.05, 3.63) is 51.7 Å². The second-order valence-electron chi connectivity index (χ2n) is 4.88. The lowest BCUT2D eigenvalue weighted by atomic mass is 9.98. The average molecular weight is 321 g/mol. The van der Waals surface area contributed by atoms with Crippen molar-refractivity contribution in [1.82, 2.24) is 4.90 Å². The monoisotopic (exact) mass is 320 g/mol. The Labute approximate surface area is 131 Å². The summed E-state index contributed by atoms with van der Waals surface area (Å²) in [5.74, 6) is -0.210. The van der Waals surface area contributed by atoms with Gasteiger partial charge in [0, 0.05) is 23.8 Å². The molecule has 0 radical (unpaired) electrons. The molecule has 1 aromatic carbocycles. The molecule has 1 aliphatic heterocycles. The quantitative estimate of drug-likeness (QED) is 0.944. The molecule has 1 saturated heterocycles. The molecule has 0 bridgehead atoms. The molecule has 0 saturated carbocycles. The molecule has 1 N–H and O–H groups in total. The van der Waals surface area contributed by atoms with Crippen molar-refractivity contribution >= 4 is 40.4 Å². The number of hydrogen-bond acceptors (Lipinski definition) is 3. The Bertz CT molecular complexity index is 649. The smallest absolute Gasteiger partial charge is 0.263 e. The third kappa shape index (κ3) is 3.09. The van der Waals surface area contributed by atoms with Crippen LogP contribution >= 0.6 is 22.9 Å². The Balaban J connectivity index is 1.53. The highest BCUT2D eigenvalue weighted by atomic mass is 35.5. The third-order valence-electron chi connectivity index (χ3n) is 3.38. The molecular formula is C15H13ClN2O2S. The Morgan fingerprint density at radius 3 is 2.52 bits per heavy atom. The van der Waals surface area contributed by atoms with Gasteiger partial charge in [-0.3, -0.25) is 9.59 Å². The van der Waals surface area contributed by atoms with Gasteiger partial charge in [-0.05, 0) is 35.7 Å². The molecule has 21 heavy (non-hydrogen) atoms. The summed E-state index contributed by atoms with van der Waals surface area (Å²) in [6.07, 6.45) is 0. The first kappa shape index (κ1) is 14.1. The van der Waals surface area contributed by atoms with Gasteiger partial charge in [0.2, 0.25) is 5.91 Å². The van der Waals surface area contributed by atoms with Gasteiger partial charge < -0.3 is 10.2 Å². The van der Waals surface area contributed by atoms with Gasteiger partial charge in [-0.1, -0.05) is 17.7 Å². The number of nitrogens with one attached hydrogen (secondary N) is 1. The molecule has 3 rings (SSSR count). The number of amides is 2. The molecule has 2 heterocycles. The lowest BCUT2D eigenvalue weighted by molar-refractivity contribution is -0.123. The molecule has 0 atom stereocenters. The van der Waals surface area contributed by atoms with Crippen LogP contribution < -0.4 is 5.32 Å². The van der Waals surface area contributed by atoms with Crippen LogP contribution in [0.25, 0.3) is 0 Å². The lowest BCUT2D eigenvalue weighted by Crippen LogP contribution is -2.54. The molecule has 1 fully saturated rings. The minimum Gasteiger partial charge on any atom is -0.336 e. The summed E-state index contributed by atoms with van der Waals surface area (Å²) in [4.78, 5) is 26.5. The summed E-state index contributed by atoms with van der Waals surface area (Å²) in [5, 5.41) is 5.33. The van der Waals surface area contributed by atoms with Gasteiger partial charge in [-0.25, -0.2) is 0 Å². The molecule has 0 spiro atoms. The van der Waals surface area contributed by atoms with E-state index in [2.05, 4.69) is 5.32 Å². The van der Waals surface area contributed by atoms with Crippen LogP contribution in [0.1, 0.15) is 9.67 Å². The molecular weight excluding hydrogens is 308 g/mol. The van der Waals surface area contributed by atoms with Crippen LogP contribution in [-0.4, -0.2) is 29.8 Å². The van der Waals surface area contributed by atoms with E-state index >= 15 is 0 Å². The zero-order valence-electron chi connectivity index (χ0n) is 11.1. The average Bonchev–Trinajstić information content (AvgIpc) is 2.93. The molecule has 0 unspecified atom stereocenters. The van der Waals surface area contributed by atoms with E-state index in [1.54, 1.807) is 35.2 Å². The molecule has 0 aliphatic carbocycles. The second kappa shape index (κ2) is 5.87. The predicted octanol–water partition coefficient (Wildman–Crippen LogP) is 3.11. The van der Waals surface area contributed by atoms with Crippen LogP contribution in [0.5, 0.6) is 0 Å². The Morgan fingerprint density at radius 1 is 1.19 bits per heavy atom. The second-order valence-corrected chi connectivity index (χ2v) is 6.26. The first-order chi connectivity index (χ1) is 10.1. The fraction of sp³-hybridized carbons (Fsp3) is 0.200.